The van der Waals surface area contributed by atoms with Gasteiger partial charge < -0.3 is 25.6 Å². The summed E-state index contributed by atoms with van der Waals surface area (Å²) in [5.41, 5.74) is 13.6. The van der Waals surface area contributed by atoms with Gasteiger partial charge >= 0.3 is 17.6 Å². The van der Waals surface area contributed by atoms with Crippen molar-refractivity contribution in [3.63, 3.8) is 0 Å². The first kappa shape index (κ1) is 31.4. The molecular weight excluding hydrogens is 490 g/mol. The lowest BCUT2D eigenvalue weighted by Gasteiger charge is -2.26. The molecule has 0 saturated heterocycles. The Bertz CT molecular complexity index is 1110. The van der Waals surface area contributed by atoms with Crippen LogP contribution in [0.5, 0.6) is 0 Å². The van der Waals surface area contributed by atoms with Crippen LogP contribution in [0.1, 0.15) is 58.7 Å². The fourth-order valence-electron chi connectivity index (χ4n) is 3.28. The fraction of sp³-hybridized carbons (Fsp3) is 0.682. The van der Waals surface area contributed by atoms with Gasteiger partial charge in [-0.2, -0.15) is 0 Å². The third-order valence-corrected chi connectivity index (χ3v) is 5.40. The molecule has 1 amide bonds. The normalized spacial score (nSPS) is 15.1. The first-order valence-electron chi connectivity index (χ1n) is 11.7. The number of hydrogen-bond acceptors (Lipinski definition) is 9. The average Bonchev–Trinajstić information content (AvgIpc) is 2.80. The van der Waals surface area contributed by atoms with Crippen molar-refractivity contribution in [1.29, 1.82) is 0 Å². The Labute approximate surface area is 213 Å². The molecule has 1 rings (SSSR count). The highest BCUT2D eigenvalue weighted by atomic mass is 16.6. The van der Waals surface area contributed by atoms with Gasteiger partial charge in [-0.3, -0.25) is 23.9 Å². The van der Waals surface area contributed by atoms with Crippen LogP contribution in [0.15, 0.2) is 20.9 Å². The molecule has 15 heteroatoms. The zero-order valence-corrected chi connectivity index (χ0v) is 21.5. The van der Waals surface area contributed by atoms with E-state index in [4.69, 9.17) is 20.7 Å². The molecule has 37 heavy (non-hydrogen) atoms. The van der Waals surface area contributed by atoms with Crippen LogP contribution in [-0.2, 0) is 23.9 Å². The van der Waals surface area contributed by atoms with E-state index in [0.29, 0.717) is 6.42 Å². The number of nitrogens with zero attached hydrogens (tertiary/aromatic N) is 4. The maximum atomic E-state index is 12.3. The average molecular weight is 526 g/mol. The minimum absolute atomic E-state index is 0.136. The van der Waals surface area contributed by atoms with E-state index in [1.807, 2.05) is 13.8 Å². The van der Waals surface area contributed by atoms with Crippen molar-refractivity contribution in [3.8, 4) is 0 Å². The third kappa shape index (κ3) is 10.5. The second-order valence-electron chi connectivity index (χ2n) is 9.06. The number of amides is 1. The number of carbonyl (C=O) groups is 3. The van der Waals surface area contributed by atoms with Gasteiger partial charge in [-0.1, -0.05) is 25.9 Å². The number of carboxylic acid groups (broad SMARTS) is 1. The van der Waals surface area contributed by atoms with Crippen molar-refractivity contribution < 1.29 is 29.0 Å². The van der Waals surface area contributed by atoms with Crippen LogP contribution < -0.4 is 22.3 Å². The number of aromatic amines is 1. The van der Waals surface area contributed by atoms with E-state index in [-0.39, 0.29) is 30.9 Å². The second kappa shape index (κ2) is 14.8. The van der Waals surface area contributed by atoms with Gasteiger partial charge in [0.25, 0.3) is 5.56 Å². The molecule has 0 bridgehead atoms. The van der Waals surface area contributed by atoms with E-state index in [2.05, 4.69) is 20.3 Å². The van der Waals surface area contributed by atoms with Crippen LogP contribution >= 0.6 is 0 Å². The molecule has 1 heterocycles. The maximum Gasteiger partial charge on any atom is 0.330 e. The Morgan fingerprint density at radius 3 is 2.49 bits per heavy atom. The zero-order valence-electron chi connectivity index (χ0n) is 21.5. The molecule has 5 atom stereocenters. The van der Waals surface area contributed by atoms with Crippen molar-refractivity contribution in [2.45, 2.75) is 84.3 Å². The summed E-state index contributed by atoms with van der Waals surface area (Å²) in [7, 11) is 0. The number of H-pyrrole nitrogens is 1. The lowest BCUT2D eigenvalue weighted by molar-refractivity contribution is -0.153. The molecule has 206 valence electrons. The topological polar surface area (TPSA) is 232 Å². The predicted octanol–water partition coefficient (Wildman–Crippen LogP) is 0.714. The van der Waals surface area contributed by atoms with E-state index in [1.54, 1.807) is 0 Å². The Morgan fingerprint density at radius 2 is 1.92 bits per heavy atom. The third-order valence-electron chi connectivity index (χ3n) is 5.40. The van der Waals surface area contributed by atoms with E-state index in [1.165, 1.54) is 27.0 Å². The van der Waals surface area contributed by atoms with Crippen LogP contribution in [0.3, 0.4) is 0 Å². The smallest absolute Gasteiger partial charge is 0.330 e. The molecule has 5 N–H and O–H groups in total. The van der Waals surface area contributed by atoms with E-state index < -0.39 is 59.6 Å². The molecule has 0 aromatic carbocycles. The molecule has 1 aromatic rings. The zero-order chi connectivity index (χ0) is 28.3. The van der Waals surface area contributed by atoms with Crippen LogP contribution in [0.4, 0.5) is 0 Å². The summed E-state index contributed by atoms with van der Waals surface area (Å²) in [6.45, 7) is 7.91. The summed E-state index contributed by atoms with van der Waals surface area (Å²) >= 11 is 0. The Kier molecular flexibility index (Phi) is 12.5. The van der Waals surface area contributed by atoms with Crippen molar-refractivity contribution in [3.05, 3.63) is 43.0 Å². The van der Waals surface area contributed by atoms with Gasteiger partial charge in [-0.25, -0.2) is 9.59 Å². The van der Waals surface area contributed by atoms with E-state index in [9.17, 15) is 29.1 Å². The summed E-state index contributed by atoms with van der Waals surface area (Å²) in [5.74, 6) is -2.60. The number of rotatable bonds is 15. The molecule has 0 saturated carbocycles. The molecular formula is C22H35N7O8. The molecule has 0 fully saturated rings. The molecule has 0 aliphatic rings. The molecule has 5 unspecified atom stereocenters. The van der Waals surface area contributed by atoms with Gasteiger partial charge in [0.15, 0.2) is 0 Å². The minimum atomic E-state index is -1.34. The number of carboxylic acids is 1. The number of carbonyl (C=O) groups excluding carboxylic acids is 2. The standard InChI is InChI=1S/C22H35N7O8/c1-11(2)8-15(23)20(32)25-16(21(33)34)6-7-18(30)36-10-17(13(4)27-28-24)37-14(5)29-9-12(3)19(31)26-22(29)35/h9,11,13-17H,6-8,10,23H2,1-5H3,(H,25,32)(H,33,34)(H,26,31,35). The van der Waals surface area contributed by atoms with Gasteiger partial charge in [0.1, 0.15) is 25.0 Å². The van der Waals surface area contributed by atoms with Crippen LogP contribution in [0.25, 0.3) is 10.4 Å². The SMILES string of the molecule is Cc1cn(C(C)OC(COC(=O)CCC(NC(=O)C(N)CC(C)C)C(=O)O)C(C)N=[N+]=[N-])c(=O)[nH]c1=O. The second-order valence-corrected chi connectivity index (χ2v) is 9.06. The predicted molar refractivity (Wildman–Crippen MR) is 131 cm³/mol. The quantitative estimate of drug-likeness (QED) is 0.109. The van der Waals surface area contributed by atoms with Crippen LogP contribution in [-0.4, -0.2) is 63.3 Å². The molecule has 0 aliphatic heterocycles. The number of azide groups is 1. The number of hydrogen-bond donors (Lipinski definition) is 4. The largest absolute Gasteiger partial charge is 0.480 e. The number of ether oxygens (including phenoxy) is 2. The lowest BCUT2D eigenvalue weighted by Crippen LogP contribution is -2.49. The summed E-state index contributed by atoms with van der Waals surface area (Å²) < 4.78 is 12.1. The van der Waals surface area contributed by atoms with Gasteiger partial charge in [0, 0.05) is 23.1 Å². The van der Waals surface area contributed by atoms with Crippen molar-refractivity contribution in [1.82, 2.24) is 14.9 Å². The highest BCUT2D eigenvalue weighted by Crippen LogP contribution is 2.15. The van der Waals surface area contributed by atoms with Crippen LogP contribution in [0, 0.1) is 12.8 Å². The monoisotopic (exact) mass is 525 g/mol. The van der Waals surface area contributed by atoms with Gasteiger partial charge in [0.05, 0.1) is 12.1 Å². The Morgan fingerprint density at radius 1 is 1.27 bits per heavy atom. The summed E-state index contributed by atoms with van der Waals surface area (Å²) in [4.78, 5) is 64.6. The summed E-state index contributed by atoms with van der Waals surface area (Å²) in [6, 6.07) is -3.04. The molecule has 0 spiro atoms. The maximum absolute atomic E-state index is 12.3. The van der Waals surface area contributed by atoms with Crippen molar-refractivity contribution in [2.24, 2.45) is 16.8 Å². The number of nitrogens with one attached hydrogen (secondary N) is 2. The summed E-state index contributed by atoms with van der Waals surface area (Å²) in [5, 5.41) is 15.3. The number of nitrogens with two attached hydrogens (primary N) is 1. The van der Waals surface area contributed by atoms with E-state index in [0.717, 1.165) is 4.57 Å². The first-order chi connectivity index (χ1) is 17.3. The highest BCUT2D eigenvalue weighted by molar-refractivity contribution is 5.87. The Hall–Kier alpha value is -3.68. The highest BCUT2D eigenvalue weighted by Gasteiger charge is 2.26. The van der Waals surface area contributed by atoms with Crippen molar-refractivity contribution >= 4 is 17.8 Å². The van der Waals surface area contributed by atoms with Crippen LogP contribution in [0.2, 0.25) is 0 Å². The van der Waals surface area contributed by atoms with Gasteiger partial charge in [-0.15, -0.1) is 0 Å². The Balaban J connectivity index is 2.80. The minimum Gasteiger partial charge on any atom is -0.480 e. The summed E-state index contributed by atoms with van der Waals surface area (Å²) in [6.07, 6.45) is -0.807. The van der Waals surface area contributed by atoms with Gasteiger partial charge in [0.2, 0.25) is 5.91 Å². The van der Waals surface area contributed by atoms with E-state index >= 15 is 0 Å². The lowest BCUT2D eigenvalue weighted by atomic mass is 10.0. The first-order valence-corrected chi connectivity index (χ1v) is 11.7. The number of aryl methyl sites for hydroxylation is 1. The number of aliphatic carboxylic acids is 1. The fourth-order valence-corrected chi connectivity index (χ4v) is 3.28. The molecule has 0 radical (unpaired) electrons. The molecule has 15 nitrogen and oxygen atoms in total. The molecule has 1 aromatic heterocycles. The van der Waals surface area contributed by atoms with Crippen molar-refractivity contribution in [2.75, 3.05) is 6.61 Å². The molecule has 0 aliphatic carbocycles. The number of esters is 1. The van der Waals surface area contributed by atoms with Gasteiger partial charge in [-0.05, 0) is 38.1 Å². The number of aromatic nitrogens is 2.